The topological polar surface area (TPSA) is 38.9 Å². The van der Waals surface area contributed by atoms with E-state index in [4.69, 9.17) is 5.73 Å². The third-order valence-corrected chi connectivity index (χ3v) is 2.44. The number of pyridine rings is 1. The van der Waals surface area contributed by atoms with Gasteiger partial charge in [-0.1, -0.05) is 32.3 Å². The molecule has 0 atom stereocenters. The molecule has 0 amide bonds. The van der Waals surface area contributed by atoms with E-state index >= 15 is 0 Å². The Labute approximate surface area is 86.5 Å². The summed E-state index contributed by atoms with van der Waals surface area (Å²) in [4.78, 5) is 4.16. The van der Waals surface area contributed by atoms with E-state index < -0.39 is 0 Å². The number of nitrogens with zero attached hydrogens (tertiary/aromatic N) is 1. The first kappa shape index (κ1) is 11.0. The third kappa shape index (κ3) is 3.36. The fourth-order valence-electron chi connectivity index (χ4n) is 1.58. The summed E-state index contributed by atoms with van der Waals surface area (Å²) in [5.41, 5.74) is 8.20. The van der Waals surface area contributed by atoms with Gasteiger partial charge in [0.2, 0.25) is 0 Å². The van der Waals surface area contributed by atoms with Gasteiger partial charge in [-0.15, -0.1) is 0 Å². The highest BCUT2D eigenvalue weighted by Crippen LogP contribution is 2.14. The fourth-order valence-corrected chi connectivity index (χ4v) is 1.58. The highest BCUT2D eigenvalue weighted by molar-refractivity contribution is 5.40. The first-order valence-corrected chi connectivity index (χ1v) is 5.45. The van der Waals surface area contributed by atoms with Crippen molar-refractivity contribution in [3.05, 3.63) is 23.4 Å². The monoisotopic (exact) mass is 192 g/mol. The van der Waals surface area contributed by atoms with Gasteiger partial charge in [0.25, 0.3) is 0 Å². The Morgan fingerprint density at radius 2 is 2.07 bits per heavy atom. The second-order valence-corrected chi connectivity index (χ2v) is 3.87. The second kappa shape index (κ2) is 5.63. The molecule has 1 rings (SSSR count). The average Bonchev–Trinajstić information content (AvgIpc) is 2.18. The molecule has 0 aromatic carbocycles. The van der Waals surface area contributed by atoms with Gasteiger partial charge in [-0.25, -0.2) is 4.98 Å². The first-order chi connectivity index (χ1) is 6.74. The van der Waals surface area contributed by atoms with Crippen LogP contribution in [0.1, 0.15) is 43.7 Å². The van der Waals surface area contributed by atoms with Crippen LogP contribution in [0.2, 0.25) is 0 Å². The number of hydrogen-bond acceptors (Lipinski definition) is 2. The maximum atomic E-state index is 5.79. The van der Waals surface area contributed by atoms with Crippen LogP contribution in [-0.4, -0.2) is 4.98 Å². The minimum atomic E-state index is 0.701. The van der Waals surface area contributed by atoms with Crippen molar-refractivity contribution in [3.63, 3.8) is 0 Å². The van der Waals surface area contributed by atoms with Gasteiger partial charge >= 0.3 is 0 Å². The summed E-state index contributed by atoms with van der Waals surface area (Å²) in [5.74, 6) is 0.701. The normalized spacial score (nSPS) is 10.4. The fraction of sp³-hybridized carbons (Fsp3) is 0.583. The van der Waals surface area contributed by atoms with Gasteiger partial charge in [0, 0.05) is 6.20 Å². The minimum Gasteiger partial charge on any atom is -0.383 e. The van der Waals surface area contributed by atoms with Crippen molar-refractivity contribution in [1.82, 2.24) is 4.98 Å². The number of aromatic nitrogens is 1. The summed E-state index contributed by atoms with van der Waals surface area (Å²) in [6.07, 6.45) is 8.01. The lowest BCUT2D eigenvalue weighted by molar-refractivity contribution is 0.666. The molecule has 0 aliphatic carbocycles. The molecule has 14 heavy (non-hydrogen) atoms. The third-order valence-electron chi connectivity index (χ3n) is 2.44. The molecule has 2 N–H and O–H groups in total. The van der Waals surface area contributed by atoms with E-state index in [0.29, 0.717) is 5.82 Å². The Balaban J connectivity index is 2.45. The van der Waals surface area contributed by atoms with Gasteiger partial charge in [-0.3, -0.25) is 0 Å². The smallest absolute Gasteiger partial charge is 0.126 e. The maximum absolute atomic E-state index is 5.79. The molecule has 0 bridgehead atoms. The molecule has 0 saturated heterocycles. The number of nitrogens with two attached hydrogens (primary N) is 1. The van der Waals surface area contributed by atoms with Gasteiger partial charge in [0.1, 0.15) is 5.82 Å². The lowest BCUT2D eigenvalue weighted by Crippen LogP contribution is -1.98. The van der Waals surface area contributed by atoms with Crippen molar-refractivity contribution in [2.75, 3.05) is 5.73 Å². The van der Waals surface area contributed by atoms with Crippen molar-refractivity contribution in [1.29, 1.82) is 0 Å². The number of hydrogen-bond donors (Lipinski definition) is 1. The van der Waals surface area contributed by atoms with E-state index in [1.807, 2.05) is 6.20 Å². The molecule has 0 aliphatic heterocycles. The predicted octanol–water partition coefficient (Wildman–Crippen LogP) is 3.10. The zero-order valence-electron chi connectivity index (χ0n) is 9.21. The molecule has 0 saturated carbocycles. The Hall–Kier alpha value is -1.05. The van der Waals surface area contributed by atoms with E-state index in [0.717, 1.165) is 6.42 Å². The zero-order valence-corrected chi connectivity index (χ0v) is 9.21. The van der Waals surface area contributed by atoms with Gasteiger partial charge in [0.05, 0.1) is 0 Å². The van der Waals surface area contributed by atoms with E-state index in [1.54, 1.807) is 0 Å². The van der Waals surface area contributed by atoms with Crippen LogP contribution in [-0.2, 0) is 6.42 Å². The zero-order chi connectivity index (χ0) is 10.4. The molecule has 0 spiro atoms. The SMILES string of the molecule is CCCCCCc1cc(C)cnc1N. The highest BCUT2D eigenvalue weighted by Gasteiger charge is 2.00. The second-order valence-electron chi connectivity index (χ2n) is 3.87. The predicted molar refractivity (Wildman–Crippen MR) is 61.2 cm³/mol. The Morgan fingerprint density at radius 1 is 1.29 bits per heavy atom. The molecular weight excluding hydrogens is 172 g/mol. The first-order valence-electron chi connectivity index (χ1n) is 5.45. The van der Waals surface area contributed by atoms with Crippen molar-refractivity contribution in [2.24, 2.45) is 0 Å². The minimum absolute atomic E-state index is 0.701. The van der Waals surface area contributed by atoms with Crippen molar-refractivity contribution < 1.29 is 0 Å². The summed E-state index contributed by atoms with van der Waals surface area (Å²) >= 11 is 0. The molecule has 0 aliphatic rings. The van der Waals surface area contributed by atoms with Gasteiger partial charge in [-0.05, 0) is 30.9 Å². The summed E-state index contributed by atoms with van der Waals surface area (Å²) in [5, 5.41) is 0. The molecule has 0 radical (unpaired) electrons. The molecule has 78 valence electrons. The average molecular weight is 192 g/mol. The number of unbranched alkanes of at least 4 members (excludes halogenated alkanes) is 3. The molecule has 1 aromatic heterocycles. The van der Waals surface area contributed by atoms with Crippen molar-refractivity contribution in [3.8, 4) is 0 Å². The van der Waals surface area contributed by atoms with Crippen LogP contribution < -0.4 is 5.73 Å². The van der Waals surface area contributed by atoms with Gasteiger partial charge in [-0.2, -0.15) is 0 Å². The largest absolute Gasteiger partial charge is 0.383 e. The van der Waals surface area contributed by atoms with Crippen molar-refractivity contribution >= 4 is 5.82 Å². The lowest BCUT2D eigenvalue weighted by Gasteiger charge is -2.05. The van der Waals surface area contributed by atoms with Crippen LogP contribution in [0.5, 0.6) is 0 Å². The highest BCUT2D eigenvalue weighted by atomic mass is 14.8. The van der Waals surface area contributed by atoms with Crippen LogP contribution in [0.3, 0.4) is 0 Å². The number of anilines is 1. The van der Waals surface area contributed by atoms with E-state index in [2.05, 4.69) is 24.9 Å². The van der Waals surface area contributed by atoms with Crippen LogP contribution in [0.15, 0.2) is 12.3 Å². The lowest BCUT2D eigenvalue weighted by atomic mass is 10.1. The van der Waals surface area contributed by atoms with E-state index in [-0.39, 0.29) is 0 Å². The summed E-state index contributed by atoms with van der Waals surface area (Å²) < 4.78 is 0. The molecule has 0 unspecified atom stereocenters. The van der Waals surface area contributed by atoms with Crippen LogP contribution >= 0.6 is 0 Å². The van der Waals surface area contributed by atoms with Crippen LogP contribution in [0.4, 0.5) is 5.82 Å². The summed E-state index contributed by atoms with van der Waals surface area (Å²) in [7, 11) is 0. The van der Waals surface area contributed by atoms with E-state index in [9.17, 15) is 0 Å². The Kier molecular flexibility index (Phi) is 4.44. The number of nitrogen functional groups attached to an aromatic ring is 1. The quantitative estimate of drug-likeness (QED) is 0.728. The van der Waals surface area contributed by atoms with Crippen LogP contribution in [0, 0.1) is 6.92 Å². The molecule has 2 nitrogen and oxygen atoms in total. The van der Waals surface area contributed by atoms with E-state index in [1.165, 1.54) is 36.8 Å². The van der Waals surface area contributed by atoms with Gasteiger partial charge < -0.3 is 5.73 Å². The maximum Gasteiger partial charge on any atom is 0.126 e. The number of aryl methyl sites for hydroxylation is 2. The Bertz CT molecular complexity index is 282. The van der Waals surface area contributed by atoms with Crippen molar-refractivity contribution in [2.45, 2.75) is 46.0 Å². The molecule has 1 heterocycles. The molecule has 1 aromatic rings. The Morgan fingerprint density at radius 3 is 2.79 bits per heavy atom. The van der Waals surface area contributed by atoms with Gasteiger partial charge in [0.15, 0.2) is 0 Å². The summed E-state index contributed by atoms with van der Waals surface area (Å²) in [6, 6.07) is 2.15. The molecule has 0 fully saturated rings. The summed E-state index contributed by atoms with van der Waals surface area (Å²) in [6.45, 7) is 4.28. The molecular formula is C12H20N2. The molecule has 2 heteroatoms. The van der Waals surface area contributed by atoms with Crippen LogP contribution in [0.25, 0.3) is 0 Å². The number of rotatable bonds is 5. The standard InChI is InChI=1S/C12H20N2/c1-3-4-5-6-7-11-8-10(2)9-14-12(11)13/h8-9H,3-7H2,1-2H3,(H2,13,14).